The van der Waals surface area contributed by atoms with Crippen molar-refractivity contribution in [3.05, 3.63) is 11.6 Å². The topological polar surface area (TPSA) is 37.3 Å². The van der Waals surface area contributed by atoms with Crippen LogP contribution < -0.4 is 0 Å². The van der Waals surface area contributed by atoms with Gasteiger partial charge in [-0.1, -0.05) is 33.3 Å². The highest BCUT2D eigenvalue weighted by Crippen LogP contribution is 2.67. The molecule has 0 heterocycles. The Morgan fingerprint density at radius 1 is 1.09 bits per heavy atom. The fraction of sp³-hybridized carbons (Fsp3) is 0.857. The average Bonchev–Trinajstić information content (AvgIpc) is 2.78. The molecule has 0 aliphatic heterocycles. The number of ketones is 1. The van der Waals surface area contributed by atoms with E-state index in [1.807, 2.05) is 6.08 Å². The Bertz CT molecular complexity index is 564. The van der Waals surface area contributed by atoms with Crippen molar-refractivity contribution < 1.29 is 9.90 Å². The van der Waals surface area contributed by atoms with Crippen LogP contribution in [-0.4, -0.2) is 17.0 Å². The fourth-order valence-corrected chi connectivity index (χ4v) is 7.26. The maximum atomic E-state index is 12.1. The second-order valence-electron chi connectivity index (χ2n) is 9.63. The van der Waals surface area contributed by atoms with Gasteiger partial charge in [0.15, 0.2) is 5.78 Å². The van der Waals surface area contributed by atoms with Gasteiger partial charge in [-0.2, -0.15) is 0 Å². The first-order chi connectivity index (χ1) is 10.8. The molecular weight excluding hydrogens is 284 g/mol. The number of carbonyl (C=O) groups excluding carboxylic acids is 1. The predicted molar refractivity (Wildman–Crippen MR) is 91.8 cm³/mol. The number of hydrogen-bond acceptors (Lipinski definition) is 2. The average molecular weight is 316 g/mol. The molecule has 8 atom stereocenters. The van der Waals surface area contributed by atoms with E-state index in [1.54, 1.807) is 0 Å². The Hall–Kier alpha value is -0.630. The molecule has 0 aromatic rings. The largest absolute Gasteiger partial charge is 0.393 e. The first-order valence-corrected chi connectivity index (χ1v) is 9.70. The molecule has 0 spiro atoms. The van der Waals surface area contributed by atoms with Crippen LogP contribution in [0.4, 0.5) is 0 Å². The maximum absolute atomic E-state index is 12.1. The van der Waals surface area contributed by atoms with Gasteiger partial charge in [0.1, 0.15) is 0 Å². The second kappa shape index (κ2) is 4.94. The fourth-order valence-electron chi connectivity index (χ4n) is 7.26. The first-order valence-electron chi connectivity index (χ1n) is 9.70. The van der Waals surface area contributed by atoms with Crippen molar-refractivity contribution in [2.75, 3.05) is 0 Å². The van der Waals surface area contributed by atoms with Crippen molar-refractivity contribution in [1.82, 2.24) is 0 Å². The number of rotatable bonds is 0. The van der Waals surface area contributed by atoms with Gasteiger partial charge >= 0.3 is 0 Å². The lowest BCUT2D eigenvalue weighted by Gasteiger charge is -2.61. The van der Waals surface area contributed by atoms with E-state index in [0.29, 0.717) is 29.5 Å². The van der Waals surface area contributed by atoms with Gasteiger partial charge in [-0.05, 0) is 78.6 Å². The van der Waals surface area contributed by atoms with Crippen LogP contribution in [0.15, 0.2) is 11.6 Å². The number of allylic oxidation sites excluding steroid dienone is 1. The molecular formula is C21H32O2. The van der Waals surface area contributed by atoms with Crippen LogP contribution in [0, 0.1) is 40.4 Å². The molecule has 3 fully saturated rings. The molecule has 4 aliphatic rings. The lowest BCUT2D eigenvalue weighted by Crippen LogP contribution is -2.55. The van der Waals surface area contributed by atoms with Crippen LogP contribution in [-0.2, 0) is 4.79 Å². The molecule has 0 amide bonds. The lowest BCUT2D eigenvalue weighted by molar-refractivity contribution is -0.124. The summed E-state index contributed by atoms with van der Waals surface area (Å²) in [4.78, 5) is 12.1. The summed E-state index contributed by atoms with van der Waals surface area (Å²) in [5, 5.41) is 10.6. The summed E-state index contributed by atoms with van der Waals surface area (Å²) < 4.78 is 0. The molecule has 1 N–H and O–H groups in total. The summed E-state index contributed by atoms with van der Waals surface area (Å²) in [5.74, 6) is 3.55. The zero-order valence-corrected chi connectivity index (χ0v) is 15.1. The van der Waals surface area contributed by atoms with E-state index in [9.17, 15) is 9.90 Å². The molecule has 4 aliphatic carbocycles. The van der Waals surface area contributed by atoms with Crippen molar-refractivity contribution in [2.45, 2.75) is 72.3 Å². The number of fused-ring (bicyclic) bond motifs is 5. The Morgan fingerprint density at radius 2 is 1.83 bits per heavy atom. The van der Waals surface area contributed by atoms with Crippen LogP contribution in [0.1, 0.15) is 66.2 Å². The molecule has 0 saturated heterocycles. The quantitative estimate of drug-likeness (QED) is 0.720. The zero-order chi connectivity index (χ0) is 16.6. The van der Waals surface area contributed by atoms with Gasteiger partial charge in [-0.25, -0.2) is 0 Å². The SMILES string of the molecule is CC1CC2=CC(=O)CC(C)[C@]2(C)[C@H]2CC[C@]3(C)[C@@H](O)CC[C@H]3[C@H]12. The van der Waals surface area contributed by atoms with Gasteiger partial charge in [-0.15, -0.1) is 0 Å². The number of hydrogen-bond donors (Lipinski definition) is 1. The molecule has 0 radical (unpaired) electrons. The van der Waals surface area contributed by atoms with Gasteiger partial charge in [-0.3, -0.25) is 4.79 Å². The second-order valence-corrected chi connectivity index (χ2v) is 9.63. The summed E-state index contributed by atoms with van der Waals surface area (Å²) in [7, 11) is 0. The van der Waals surface area contributed by atoms with Crippen molar-refractivity contribution in [3.8, 4) is 0 Å². The highest BCUT2D eigenvalue weighted by molar-refractivity contribution is 5.92. The minimum absolute atomic E-state index is 0.101. The van der Waals surface area contributed by atoms with Crippen LogP contribution in [0.5, 0.6) is 0 Å². The van der Waals surface area contributed by atoms with Crippen molar-refractivity contribution in [1.29, 1.82) is 0 Å². The van der Waals surface area contributed by atoms with Gasteiger partial charge in [0, 0.05) is 6.42 Å². The molecule has 23 heavy (non-hydrogen) atoms. The summed E-state index contributed by atoms with van der Waals surface area (Å²) in [6.45, 7) is 9.50. The highest BCUT2D eigenvalue weighted by Gasteiger charge is 2.61. The number of aliphatic hydroxyl groups excluding tert-OH is 1. The van der Waals surface area contributed by atoms with E-state index >= 15 is 0 Å². The molecule has 0 aromatic carbocycles. The van der Waals surface area contributed by atoms with Crippen molar-refractivity contribution in [2.24, 2.45) is 40.4 Å². The van der Waals surface area contributed by atoms with E-state index in [1.165, 1.54) is 18.4 Å². The Balaban J connectivity index is 1.77. The van der Waals surface area contributed by atoms with E-state index in [4.69, 9.17) is 0 Å². The Labute approximate surface area is 140 Å². The molecule has 0 bridgehead atoms. The van der Waals surface area contributed by atoms with Gasteiger partial charge in [0.2, 0.25) is 0 Å². The van der Waals surface area contributed by atoms with E-state index in [-0.39, 0.29) is 16.9 Å². The normalized spacial score (nSPS) is 55.7. The lowest BCUT2D eigenvalue weighted by atomic mass is 9.43. The van der Waals surface area contributed by atoms with Gasteiger partial charge < -0.3 is 5.11 Å². The summed E-state index contributed by atoms with van der Waals surface area (Å²) in [6.07, 6.45) is 8.30. The van der Waals surface area contributed by atoms with E-state index in [0.717, 1.165) is 31.6 Å². The zero-order valence-electron chi connectivity index (χ0n) is 15.1. The standard InChI is InChI=1S/C21H32O2/c1-12-9-14-11-15(22)10-13(2)21(14,4)17-7-8-20(3)16(19(12)17)5-6-18(20)23/h11-13,16-19,23H,5-10H2,1-4H3/t12?,13?,16-,17-,18-,19-,20-,21-/m0/s1. The molecule has 4 rings (SSSR count). The highest BCUT2D eigenvalue weighted by atomic mass is 16.3. The maximum Gasteiger partial charge on any atom is 0.155 e. The predicted octanol–water partition coefficient (Wildman–Crippen LogP) is 4.37. The molecule has 3 saturated carbocycles. The molecule has 2 nitrogen and oxygen atoms in total. The Morgan fingerprint density at radius 3 is 2.57 bits per heavy atom. The van der Waals surface area contributed by atoms with Gasteiger partial charge in [0.25, 0.3) is 0 Å². The van der Waals surface area contributed by atoms with Crippen LogP contribution in [0.25, 0.3) is 0 Å². The third-order valence-corrected chi connectivity index (χ3v) is 8.81. The van der Waals surface area contributed by atoms with Crippen molar-refractivity contribution in [3.63, 3.8) is 0 Å². The van der Waals surface area contributed by atoms with Crippen LogP contribution in [0.3, 0.4) is 0 Å². The third kappa shape index (κ3) is 1.94. The molecule has 2 heteroatoms. The smallest absolute Gasteiger partial charge is 0.155 e. The number of aliphatic hydroxyl groups is 1. The molecule has 0 aromatic heterocycles. The summed E-state index contributed by atoms with van der Waals surface area (Å²) >= 11 is 0. The van der Waals surface area contributed by atoms with Crippen LogP contribution >= 0.6 is 0 Å². The van der Waals surface area contributed by atoms with E-state index < -0.39 is 0 Å². The minimum atomic E-state index is -0.101. The molecule has 2 unspecified atom stereocenters. The summed E-state index contributed by atoms with van der Waals surface area (Å²) in [6, 6.07) is 0. The van der Waals surface area contributed by atoms with Crippen molar-refractivity contribution >= 4 is 5.78 Å². The monoisotopic (exact) mass is 316 g/mol. The number of carbonyl (C=O) groups is 1. The first kappa shape index (κ1) is 15.9. The minimum Gasteiger partial charge on any atom is -0.393 e. The van der Waals surface area contributed by atoms with E-state index in [2.05, 4.69) is 27.7 Å². The summed E-state index contributed by atoms with van der Waals surface area (Å²) in [5.41, 5.74) is 1.79. The van der Waals surface area contributed by atoms with Crippen LogP contribution in [0.2, 0.25) is 0 Å². The molecule has 128 valence electrons. The Kier molecular flexibility index (Phi) is 3.41. The third-order valence-electron chi connectivity index (χ3n) is 8.81. The van der Waals surface area contributed by atoms with Gasteiger partial charge in [0.05, 0.1) is 6.10 Å².